The van der Waals surface area contributed by atoms with Gasteiger partial charge in [-0.05, 0) is 118 Å². The molecule has 1 aromatic heterocycles. The number of carbonyl (C=O) groups excluding carboxylic acids is 7. The Kier molecular flexibility index (Phi) is 20.2. The van der Waals surface area contributed by atoms with Gasteiger partial charge in [0.25, 0.3) is 11.8 Å². The number of benzene rings is 4. The number of aromatic nitrogens is 3. The maximum atomic E-state index is 14.6. The quantitative estimate of drug-likeness (QED) is 0.0263. The molecule has 6 N–H and O–H groups in total. The molecule has 0 spiro atoms. The topological polar surface area (TPSA) is 251 Å². The normalized spacial score (nSPS) is 16.0. The molecule has 410 valence electrons. The van der Waals surface area contributed by atoms with Crippen LogP contribution in [0.5, 0.6) is 11.5 Å². The summed E-state index contributed by atoms with van der Waals surface area (Å²) in [6.07, 6.45) is 1.23. The van der Waals surface area contributed by atoms with Crippen molar-refractivity contribution in [2.75, 3.05) is 13.2 Å². The van der Waals surface area contributed by atoms with E-state index in [1.54, 1.807) is 32.0 Å². The van der Waals surface area contributed by atoms with Gasteiger partial charge in [0.05, 0.1) is 24.3 Å². The van der Waals surface area contributed by atoms with Crippen LogP contribution in [0.15, 0.2) is 97.1 Å². The number of epoxide rings is 1. The van der Waals surface area contributed by atoms with Crippen LogP contribution in [0, 0.1) is 23.7 Å². The molecule has 0 saturated carbocycles. The molecule has 2 heterocycles. The maximum absolute atomic E-state index is 14.6. The number of Topliss-reactive ketones (excluding diaryl/α,β-unsaturated/α-hetero) is 3. The summed E-state index contributed by atoms with van der Waals surface area (Å²) < 4.78 is 6.89. The molecule has 6 atom stereocenters. The summed E-state index contributed by atoms with van der Waals surface area (Å²) in [5.74, 6) is -5.08. The Balaban J connectivity index is 1.19. The second kappa shape index (κ2) is 26.5. The van der Waals surface area contributed by atoms with E-state index in [9.17, 15) is 43.8 Å². The van der Waals surface area contributed by atoms with Crippen LogP contribution in [0.4, 0.5) is 0 Å². The zero-order chi connectivity index (χ0) is 56.1. The van der Waals surface area contributed by atoms with Crippen LogP contribution < -0.4 is 21.3 Å². The van der Waals surface area contributed by atoms with Gasteiger partial charge in [-0.15, -0.1) is 10.2 Å². The summed E-state index contributed by atoms with van der Waals surface area (Å²) >= 11 is 0. The Morgan fingerprint density at radius 3 is 1.86 bits per heavy atom. The Morgan fingerprint density at radius 1 is 0.675 bits per heavy atom. The van der Waals surface area contributed by atoms with Crippen molar-refractivity contribution in [2.45, 2.75) is 137 Å². The third kappa shape index (κ3) is 15.8. The van der Waals surface area contributed by atoms with Crippen LogP contribution in [-0.2, 0) is 41.6 Å². The third-order valence-electron chi connectivity index (χ3n) is 13.9. The summed E-state index contributed by atoms with van der Waals surface area (Å²) in [5.41, 5.74) is 2.10. The zero-order valence-electron chi connectivity index (χ0n) is 45.7. The highest BCUT2D eigenvalue weighted by atomic mass is 16.6. The first kappa shape index (κ1) is 58.7. The number of phenolic OH excluding ortho intramolecular Hbond substituents is 2. The fourth-order valence-electron chi connectivity index (χ4n) is 9.46. The van der Waals surface area contributed by atoms with Crippen LogP contribution in [0.2, 0.25) is 0 Å². The number of hydrogen-bond acceptors (Lipinski definition) is 12. The first-order chi connectivity index (χ1) is 36.6. The highest BCUT2D eigenvalue weighted by Crippen LogP contribution is 2.38. The number of ketones is 3. The summed E-state index contributed by atoms with van der Waals surface area (Å²) in [5, 5.41) is 41.2. The molecule has 1 aliphatic rings. The number of nitrogens with one attached hydrogen (secondary N) is 4. The van der Waals surface area contributed by atoms with Crippen LogP contribution in [0.25, 0.3) is 17.1 Å². The van der Waals surface area contributed by atoms with Gasteiger partial charge in [0.1, 0.15) is 28.9 Å². The molecule has 17 nitrogen and oxygen atoms in total. The smallest absolute Gasteiger partial charge is 0.289 e. The summed E-state index contributed by atoms with van der Waals surface area (Å²) in [6.45, 7) is 17.1. The number of hydrogen-bond donors (Lipinski definition) is 6. The van der Waals surface area contributed by atoms with E-state index < -0.39 is 59.2 Å². The molecule has 0 aliphatic carbocycles. The molecule has 1 saturated heterocycles. The van der Waals surface area contributed by atoms with Crippen molar-refractivity contribution in [3.63, 3.8) is 0 Å². The number of ether oxygens (including phenoxy) is 1. The molecule has 4 amide bonds. The van der Waals surface area contributed by atoms with Gasteiger partial charge < -0.3 is 36.2 Å². The van der Waals surface area contributed by atoms with Gasteiger partial charge in [0.15, 0.2) is 17.4 Å². The van der Waals surface area contributed by atoms with Gasteiger partial charge in [0, 0.05) is 48.5 Å². The second-order valence-corrected chi connectivity index (χ2v) is 21.6. The minimum absolute atomic E-state index is 0.000925. The van der Waals surface area contributed by atoms with E-state index in [1.165, 1.54) is 29.7 Å². The minimum atomic E-state index is -1.12. The molecule has 0 unspecified atom stereocenters. The lowest BCUT2D eigenvalue weighted by atomic mass is 9.82. The number of rotatable bonds is 28. The van der Waals surface area contributed by atoms with Crippen molar-refractivity contribution in [1.29, 1.82) is 0 Å². The zero-order valence-corrected chi connectivity index (χ0v) is 45.7. The first-order valence-electron chi connectivity index (χ1n) is 26.7. The number of carbonyl (C=O) groups is 7. The van der Waals surface area contributed by atoms with Crippen LogP contribution >= 0.6 is 0 Å². The molecule has 4 aromatic carbocycles. The Bertz CT molecular complexity index is 2880. The number of aryl methyl sites for hydroxylation is 1. The lowest BCUT2D eigenvalue weighted by molar-refractivity contribution is -0.135. The molecular formula is C60H75N7O10. The minimum Gasteiger partial charge on any atom is -0.508 e. The van der Waals surface area contributed by atoms with Gasteiger partial charge in [-0.3, -0.25) is 38.1 Å². The average Bonchev–Trinajstić information content (AvgIpc) is 3.99. The molecular weight excluding hydrogens is 979 g/mol. The van der Waals surface area contributed by atoms with Crippen LogP contribution in [0.1, 0.15) is 138 Å². The van der Waals surface area contributed by atoms with Crippen molar-refractivity contribution in [3.05, 3.63) is 125 Å². The van der Waals surface area contributed by atoms with Gasteiger partial charge in [0.2, 0.25) is 17.6 Å². The predicted molar refractivity (Wildman–Crippen MR) is 292 cm³/mol. The van der Waals surface area contributed by atoms with Crippen molar-refractivity contribution < 1.29 is 48.5 Å². The van der Waals surface area contributed by atoms with Crippen molar-refractivity contribution >= 4 is 41.0 Å². The summed E-state index contributed by atoms with van der Waals surface area (Å²) in [6, 6.07) is 24.8. The predicted octanol–water partition coefficient (Wildman–Crippen LogP) is 7.78. The van der Waals surface area contributed by atoms with Crippen molar-refractivity contribution in [1.82, 2.24) is 36.0 Å². The average molecular weight is 1050 g/mol. The lowest BCUT2D eigenvalue weighted by Crippen LogP contribution is -2.51. The number of amides is 4. The second-order valence-electron chi connectivity index (χ2n) is 21.6. The molecule has 0 bridgehead atoms. The first-order valence-corrected chi connectivity index (χ1v) is 26.7. The Morgan fingerprint density at radius 2 is 1.27 bits per heavy atom. The standard InChI is InChI=1S/C60H75N7O10/c1-10-61-59(76)55-66-65-54(46-32-45(37(6)7)50(69)33-51(46)70)67(55)44-24-22-41(23-25-44)57(74)62-38(8)56(73)63-47(26-21-39-17-13-11-14-18-39)52(71)30-42(27-35(2)3)49(68)31-43(29-40-19-15-12-16-20-40)58(75)64-48(28-36(4)5)53(72)60(9)34-77-60/h11-20,22-25,32-33,35-38,42-43,47-48,69-70H,10,21,26-31,34H2,1-9H3,(H,61,76)(H,62,74)(H,63,73)(H,64,75)/t38-,42+,43+,47-,48-,60+/m0/s1. The summed E-state index contributed by atoms with van der Waals surface area (Å²) in [7, 11) is 0. The van der Waals surface area contributed by atoms with Gasteiger partial charge in [-0.2, -0.15) is 0 Å². The number of aromatic hydroxyl groups is 2. The SMILES string of the molecule is CCNC(=O)c1nnc(-c2cc(C(C)C)c(O)cc2O)n1-c1ccc(C(=O)N[C@@H](C)C(=O)N[C@@H](CCc2ccccc2)C(=O)C[C@@H](CC(C)C)C(=O)C[C@@H](Cc2ccccc2)C(=O)N[C@@H](CC(C)C)C(=O)[C@@]2(C)CO2)cc1. The Hall–Kier alpha value is -7.53. The van der Waals surface area contributed by atoms with Crippen molar-refractivity contribution in [3.8, 4) is 28.6 Å². The van der Waals surface area contributed by atoms with E-state index in [2.05, 4.69) is 31.5 Å². The van der Waals surface area contributed by atoms with E-state index >= 15 is 0 Å². The molecule has 17 heteroatoms. The maximum Gasteiger partial charge on any atom is 0.289 e. The third-order valence-corrected chi connectivity index (χ3v) is 13.9. The van der Waals surface area contributed by atoms with E-state index in [4.69, 9.17) is 4.74 Å². The highest BCUT2D eigenvalue weighted by Gasteiger charge is 2.50. The summed E-state index contributed by atoms with van der Waals surface area (Å²) in [4.78, 5) is 98.0. The van der Waals surface area contributed by atoms with E-state index in [0.717, 1.165) is 11.1 Å². The monoisotopic (exact) mass is 1050 g/mol. The molecule has 5 aromatic rings. The van der Waals surface area contributed by atoms with Gasteiger partial charge in [-0.25, -0.2) is 0 Å². The highest BCUT2D eigenvalue weighted by molar-refractivity contribution is 6.00. The van der Waals surface area contributed by atoms with Crippen LogP contribution in [-0.4, -0.2) is 103 Å². The van der Waals surface area contributed by atoms with Gasteiger partial charge in [-0.1, -0.05) is 102 Å². The van der Waals surface area contributed by atoms with Crippen LogP contribution in [0.3, 0.4) is 0 Å². The lowest BCUT2D eigenvalue weighted by Gasteiger charge is -2.26. The van der Waals surface area contributed by atoms with E-state index in [0.29, 0.717) is 37.1 Å². The number of phenols is 2. The molecule has 1 fully saturated rings. The molecule has 6 rings (SSSR count). The molecule has 1 aliphatic heterocycles. The molecule has 77 heavy (non-hydrogen) atoms. The van der Waals surface area contributed by atoms with E-state index in [-0.39, 0.29) is 102 Å². The number of nitrogens with zero attached hydrogens (tertiary/aromatic N) is 3. The fourth-order valence-corrected chi connectivity index (χ4v) is 9.46. The van der Waals surface area contributed by atoms with E-state index in [1.807, 2.05) is 102 Å². The molecule has 0 radical (unpaired) electrons. The largest absolute Gasteiger partial charge is 0.508 e. The Labute approximate surface area is 451 Å². The fraction of sp³-hybridized carbons (Fsp3) is 0.450. The van der Waals surface area contributed by atoms with Crippen molar-refractivity contribution in [2.24, 2.45) is 23.7 Å². The van der Waals surface area contributed by atoms with Gasteiger partial charge >= 0.3 is 0 Å².